The molecule has 0 atom stereocenters. The quantitative estimate of drug-likeness (QED) is 0.383. The molecule has 0 aliphatic heterocycles. The maximum Gasteiger partial charge on any atom is 0.234 e. The van der Waals surface area contributed by atoms with Crippen LogP contribution in [-0.4, -0.2) is 5.91 Å². The molecule has 3 heteroatoms. The van der Waals surface area contributed by atoms with Crippen molar-refractivity contribution in [1.82, 2.24) is 5.43 Å². The maximum atomic E-state index is 11.0. The van der Waals surface area contributed by atoms with E-state index in [2.05, 4.69) is 33.1 Å². The third-order valence-corrected chi connectivity index (χ3v) is 1.76. The third-order valence-electron chi connectivity index (χ3n) is 1.76. The van der Waals surface area contributed by atoms with E-state index in [0.29, 0.717) is 12.3 Å². The lowest BCUT2D eigenvalue weighted by atomic mass is 9.81. The Labute approximate surface area is 74.7 Å². The van der Waals surface area contributed by atoms with Crippen molar-refractivity contribution >= 4 is 5.91 Å². The first-order valence-electron chi connectivity index (χ1n) is 4.37. The Morgan fingerprint density at radius 2 is 2.00 bits per heavy atom. The monoisotopic (exact) mass is 172 g/mol. The number of hydrazine groups is 1. The van der Waals surface area contributed by atoms with E-state index in [0.717, 1.165) is 6.42 Å². The van der Waals surface area contributed by atoms with Gasteiger partial charge < -0.3 is 0 Å². The second-order valence-electron chi connectivity index (χ2n) is 4.51. The van der Waals surface area contributed by atoms with Crippen molar-refractivity contribution in [3.05, 3.63) is 0 Å². The van der Waals surface area contributed by atoms with E-state index in [9.17, 15) is 4.79 Å². The van der Waals surface area contributed by atoms with Gasteiger partial charge in [-0.25, -0.2) is 5.84 Å². The number of nitrogens with one attached hydrogen (secondary N) is 1. The summed E-state index contributed by atoms with van der Waals surface area (Å²) >= 11 is 0. The highest BCUT2D eigenvalue weighted by Crippen LogP contribution is 2.28. The summed E-state index contributed by atoms with van der Waals surface area (Å²) in [5, 5.41) is 0. The third kappa shape index (κ3) is 5.13. The molecule has 0 rings (SSSR count). The lowest BCUT2D eigenvalue weighted by molar-refractivity contribution is -0.123. The molecule has 0 aromatic rings. The number of hydrogen-bond donors (Lipinski definition) is 2. The summed E-state index contributed by atoms with van der Waals surface area (Å²) in [5.41, 5.74) is 2.21. The molecule has 0 fully saturated rings. The summed E-state index contributed by atoms with van der Waals surface area (Å²) in [6, 6.07) is 0. The topological polar surface area (TPSA) is 55.1 Å². The Balaban J connectivity index is 3.94. The van der Waals surface area contributed by atoms with Crippen molar-refractivity contribution in [3.8, 4) is 0 Å². The second kappa shape index (κ2) is 4.45. The minimum atomic E-state index is -0.0827. The first-order valence-corrected chi connectivity index (χ1v) is 4.37. The van der Waals surface area contributed by atoms with E-state index in [-0.39, 0.29) is 11.3 Å². The average molecular weight is 172 g/mol. The molecule has 0 radical (unpaired) electrons. The number of nitrogens with two attached hydrogens (primary N) is 1. The predicted octanol–water partition coefficient (Wildman–Crippen LogP) is 1.44. The van der Waals surface area contributed by atoms with Gasteiger partial charge in [0.25, 0.3) is 0 Å². The van der Waals surface area contributed by atoms with Crippen molar-refractivity contribution in [1.29, 1.82) is 0 Å². The molecule has 0 aromatic carbocycles. The Bertz CT molecular complexity index is 153. The molecule has 0 bridgehead atoms. The van der Waals surface area contributed by atoms with Crippen LogP contribution in [0, 0.1) is 11.3 Å². The van der Waals surface area contributed by atoms with E-state index in [1.54, 1.807) is 0 Å². The Morgan fingerprint density at radius 1 is 1.50 bits per heavy atom. The van der Waals surface area contributed by atoms with Crippen molar-refractivity contribution in [3.63, 3.8) is 0 Å². The number of carbonyl (C=O) groups excluding carboxylic acids is 1. The van der Waals surface area contributed by atoms with Crippen molar-refractivity contribution in [2.24, 2.45) is 17.2 Å². The van der Waals surface area contributed by atoms with Crippen LogP contribution in [0.25, 0.3) is 0 Å². The van der Waals surface area contributed by atoms with E-state index < -0.39 is 0 Å². The average Bonchev–Trinajstić information content (AvgIpc) is 1.83. The minimum absolute atomic E-state index is 0.0532. The fraction of sp³-hybridized carbons (Fsp3) is 0.889. The van der Waals surface area contributed by atoms with Crippen LogP contribution in [0.3, 0.4) is 0 Å². The molecule has 0 saturated heterocycles. The number of amides is 1. The molecule has 0 spiro atoms. The van der Waals surface area contributed by atoms with Gasteiger partial charge in [0, 0.05) is 6.42 Å². The van der Waals surface area contributed by atoms with Crippen LogP contribution in [-0.2, 0) is 4.79 Å². The molecule has 0 heterocycles. The van der Waals surface area contributed by atoms with Crippen LogP contribution < -0.4 is 11.3 Å². The lowest BCUT2D eigenvalue weighted by Crippen LogP contribution is -2.34. The van der Waals surface area contributed by atoms with Gasteiger partial charge in [-0.05, 0) is 17.8 Å². The summed E-state index contributed by atoms with van der Waals surface area (Å²) in [6.07, 6.45) is 1.54. The summed E-state index contributed by atoms with van der Waals surface area (Å²) in [4.78, 5) is 11.0. The van der Waals surface area contributed by atoms with Gasteiger partial charge in [0.1, 0.15) is 0 Å². The number of hydrogen-bond acceptors (Lipinski definition) is 2. The lowest BCUT2D eigenvalue weighted by Gasteiger charge is -2.25. The molecule has 0 aliphatic carbocycles. The van der Waals surface area contributed by atoms with E-state index >= 15 is 0 Å². The van der Waals surface area contributed by atoms with E-state index in [1.807, 2.05) is 0 Å². The van der Waals surface area contributed by atoms with Gasteiger partial charge in [-0.3, -0.25) is 10.2 Å². The molecule has 3 nitrogen and oxygen atoms in total. The Hall–Kier alpha value is -0.570. The van der Waals surface area contributed by atoms with Gasteiger partial charge in [0.2, 0.25) is 5.91 Å². The summed E-state index contributed by atoms with van der Waals surface area (Å²) in [7, 11) is 0. The van der Waals surface area contributed by atoms with Gasteiger partial charge in [-0.15, -0.1) is 0 Å². The van der Waals surface area contributed by atoms with Crippen LogP contribution >= 0.6 is 0 Å². The standard InChI is InChI=1S/C9H20N2O/c1-7(2)5-9(3,4)6-8(12)11-10/h7H,5-6,10H2,1-4H3,(H,11,12). The second-order valence-corrected chi connectivity index (χ2v) is 4.51. The first kappa shape index (κ1) is 11.4. The van der Waals surface area contributed by atoms with Crippen LogP contribution in [0.1, 0.15) is 40.5 Å². The number of rotatable bonds is 4. The van der Waals surface area contributed by atoms with Crippen LogP contribution in [0.2, 0.25) is 0 Å². The Morgan fingerprint density at radius 3 is 2.33 bits per heavy atom. The smallest absolute Gasteiger partial charge is 0.234 e. The fourth-order valence-electron chi connectivity index (χ4n) is 1.66. The SMILES string of the molecule is CC(C)CC(C)(C)CC(=O)NN. The predicted molar refractivity (Wildman–Crippen MR) is 50.2 cm³/mol. The van der Waals surface area contributed by atoms with Gasteiger partial charge in [-0.1, -0.05) is 27.7 Å². The fourth-order valence-corrected chi connectivity index (χ4v) is 1.66. The van der Waals surface area contributed by atoms with E-state index in [1.165, 1.54) is 0 Å². The summed E-state index contributed by atoms with van der Waals surface area (Å²) < 4.78 is 0. The van der Waals surface area contributed by atoms with E-state index in [4.69, 9.17) is 5.84 Å². The van der Waals surface area contributed by atoms with Gasteiger partial charge in [0.15, 0.2) is 0 Å². The zero-order valence-electron chi connectivity index (χ0n) is 8.48. The minimum Gasteiger partial charge on any atom is -0.294 e. The highest BCUT2D eigenvalue weighted by Gasteiger charge is 2.22. The molecule has 1 amide bonds. The van der Waals surface area contributed by atoms with Crippen molar-refractivity contribution in [2.75, 3.05) is 0 Å². The largest absolute Gasteiger partial charge is 0.294 e. The summed E-state index contributed by atoms with van der Waals surface area (Å²) in [6.45, 7) is 8.48. The molecule has 3 N–H and O–H groups in total. The van der Waals surface area contributed by atoms with Gasteiger partial charge in [-0.2, -0.15) is 0 Å². The maximum absolute atomic E-state index is 11.0. The van der Waals surface area contributed by atoms with Gasteiger partial charge >= 0.3 is 0 Å². The highest BCUT2D eigenvalue weighted by atomic mass is 16.2. The van der Waals surface area contributed by atoms with Gasteiger partial charge in [0.05, 0.1) is 0 Å². The number of carbonyl (C=O) groups is 1. The molecular weight excluding hydrogens is 152 g/mol. The molecular formula is C9H20N2O. The highest BCUT2D eigenvalue weighted by molar-refractivity contribution is 5.75. The molecule has 0 aliphatic rings. The molecule has 0 unspecified atom stereocenters. The zero-order chi connectivity index (χ0) is 9.78. The molecule has 0 saturated carbocycles. The Kier molecular flexibility index (Phi) is 4.24. The summed E-state index contributed by atoms with van der Waals surface area (Å²) in [5.74, 6) is 5.54. The molecule has 12 heavy (non-hydrogen) atoms. The van der Waals surface area contributed by atoms with Crippen LogP contribution in [0.15, 0.2) is 0 Å². The molecule has 0 aromatic heterocycles. The molecule has 72 valence electrons. The van der Waals surface area contributed by atoms with Crippen molar-refractivity contribution in [2.45, 2.75) is 40.5 Å². The first-order chi connectivity index (χ1) is 5.37. The van der Waals surface area contributed by atoms with Crippen LogP contribution in [0.4, 0.5) is 0 Å². The normalized spacial score (nSPS) is 11.8. The van der Waals surface area contributed by atoms with Crippen molar-refractivity contribution < 1.29 is 4.79 Å². The van der Waals surface area contributed by atoms with Crippen LogP contribution in [0.5, 0.6) is 0 Å². The zero-order valence-corrected chi connectivity index (χ0v) is 8.48.